The first-order valence-electron chi connectivity index (χ1n) is 3.50. The van der Waals surface area contributed by atoms with Crippen molar-refractivity contribution in [3.63, 3.8) is 0 Å². The summed E-state index contributed by atoms with van der Waals surface area (Å²) in [6.07, 6.45) is 1.55. The van der Waals surface area contributed by atoms with Crippen molar-refractivity contribution in [2.75, 3.05) is 20.3 Å². The molecule has 0 aliphatic heterocycles. The minimum absolute atomic E-state index is 0. The van der Waals surface area contributed by atoms with Crippen molar-refractivity contribution in [3.05, 3.63) is 0 Å². The summed E-state index contributed by atoms with van der Waals surface area (Å²) in [6, 6.07) is 0. The Hall–Kier alpha value is -0.280. The highest BCUT2D eigenvalue weighted by Gasteiger charge is 1.93. The number of nitrogens with one attached hydrogen (secondary N) is 1. The van der Waals surface area contributed by atoms with E-state index in [1.165, 1.54) is 7.11 Å². The molecular formula is C7H16ClNO2. The van der Waals surface area contributed by atoms with E-state index in [0.29, 0.717) is 12.3 Å². The van der Waals surface area contributed by atoms with E-state index in [2.05, 4.69) is 4.74 Å². The molecule has 0 saturated heterocycles. The Morgan fingerprint density at radius 3 is 2.55 bits per heavy atom. The van der Waals surface area contributed by atoms with Crippen LogP contribution < -0.4 is 0 Å². The van der Waals surface area contributed by atoms with Gasteiger partial charge in [-0.25, -0.2) is 0 Å². The number of hydrogen-bond acceptors (Lipinski definition) is 3. The minimum atomic E-state index is 0. The van der Waals surface area contributed by atoms with Crippen molar-refractivity contribution < 1.29 is 9.47 Å². The van der Waals surface area contributed by atoms with Crippen molar-refractivity contribution in [1.29, 1.82) is 5.41 Å². The van der Waals surface area contributed by atoms with E-state index < -0.39 is 0 Å². The second-order valence-electron chi connectivity index (χ2n) is 1.93. The Morgan fingerprint density at radius 1 is 1.45 bits per heavy atom. The third-order valence-corrected chi connectivity index (χ3v) is 1.14. The van der Waals surface area contributed by atoms with Gasteiger partial charge in [-0.2, -0.15) is 0 Å². The van der Waals surface area contributed by atoms with Crippen molar-refractivity contribution in [2.24, 2.45) is 0 Å². The molecule has 1 N–H and O–H groups in total. The van der Waals surface area contributed by atoms with Crippen LogP contribution in [-0.2, 0) is 9.47 Å². The van der Waals surface area contributed by atoms with Gasteiger partial charge < -0.3 is 9.47 Å². The zero-order valence-electron chi connectivity index (χ0n) is 7.05. The van der Waals surface area contributed by atoms with E-state index in [4.69, 9.17) is 10.1 Å². The SMILES string of the molecule is CCOCCCC(=N)OC.Cl. The van der Waals surface area contributed by atoms with Crippen LogP contribution in [0.4, 0.5) is 0 Å². The maximum absolute atomic E-state index is 7.10. The molecule has 0 aliphatic carbocycles. The molecule has 0 saturated carbocycles. The van der Waals surface area contributed by atoms with E-state index >= 15 is 0 Å². The van der Waals surface area contributed by atoms with Gasteiger partial charge >= 0.3 is 0 Å². The fraction of sp³-hybridized carbons (Fsp3) is 0.857. The summed E-state index contributed by atoms with van der Waals surface area (Å²) in [5.74, 6) is 0.333. The Labute approximate surface area is 74.0 Å². The predicted molar refractivity (Wildman–Crippen MR) is 47.7 cm³/mol. The summed E-state index contributed by atoms with van der Waals surface area (Å²) in [5.41, 5.74) is 0. The highest BCUT2D eigenvalue weighted by Crippen LogP contribution is 1.92. The molecule has 0 aromatic carbocycles. The van der Waals surface area contributed by atoms with Crippen LogP contribution in [-0.4, -0.2) is 26.2 Å². The molecule has 0 amide bonds. The molecule has 0 bridgehead atoms. The van der Waals surface area contributed by atoms with Crippen LogP contribution in [0, 0.1) is 5.41 Å². The first kappa shape index (κ1) is 13.3. The van der Waals surface area contributed by atoms with E-state index in [1.807, 2.05) is 6.92 Å². The predicted octanol–water partition coefficient (Wildman–Crippen LogP) is 1.85. The molecule has 0 atom stereocenters. The molecular weight excluding hydrogens is 166 g/mol. The smallest absolute Gasteiger partial charge is 0.180 e. The average molecular weight is 182 g/mol. The maximum atomic E-state index is 7.10. The second kappa shape index (κ2) is 9.72. The van der Waals surface area contributed by atoms with Gasteiger partial charge in [0.15, 0.2) is 5.90 Å². The van der Waals surface area contributed by atoms with Crippen LogP contribution >= 0.6 is 12.4 Å². The van der Waals surface area contributed by atoms with Gasteiger partial charge in [-0.3, -0.25) is 5.41 Å². The molecule has 0 radical (unpaired) electrons. The van der Waals surface area contributed by atoms with E-state index in [0.717, 1.165) is 19.6 Å². The van der Waals surface area contributed by atoms with Crippen LogP contribution in [0.25, 0.3) is 0 Å². The standard InChI is InChI=1S/C7H15NO2.ClH/c1-3-10-6-4-5-7(8)9-2;/h8H,3-6H2,1-2H3;1H. The Kier molecular flexibility index (Phi) is 11.8. The maximum Gasteiger partial charge on any atom is 0.180 e. The Bertz CT molecular complexity index is 98.4. The fourth-order valence-corrected chi connectivity index (χ4v) is 0.581. The van der Waals surface area contributed by atoms with E-state index in [1.54, 1.807) is 0 Å². The van der Waals surface area contributed by atoms with Crippen molar-refractivity contribution in [1.82, 2.24) is 0 Å². The lowest BCUT2D eigenvalue weighted by atomic mass is 10.3. The Morgan fingerprint density at radius 2 is 2.09 bits per heavy atom. The molecule has 3 nitrogen and oxygen atoms in total. The third-order valence-electron chi connectivity index (χ3n) is 1.14. The van der Waals surface area contributed by atoms with E-state index in [-0.39, 0.29) is 12.4 Å². The number of methoxy groups -OCH3 is 1. The van der Waals surface area contributed by atoms with Crippen molar-refractivity contribution >= 4 is 18.3 Å². The molecule has 4 heteroatoms. The monoisotopic (exact) mass is 181 g/mol. The molecule has 68 valence electrons. The lowest BCUT2D eigenvalue weighted by Gasteiger charge is -2.01. The molecule has 0 unspecified atom stereocenters. The van der Waals surface area contributed by atoms with Gasteiger partial charge in [-0.15, -0.1) is 12.4 Å². The molecule has 11 heavy (non-hydrogen) atoms. The topological polar surface area (TPSA) is 42.3 Å². The number of rotatable bonds is 5. The van der Waals surface area contributed by atoms with E-state index in [9.17, 15) is 0 Å². The molecule has 0 aromatic heterocycles. The normalized spacial score (nSPS) is 8.55. The van der Waals surface area contributed by atoms with Gasteiger partial charge in [-0.05, 0) is 13.3 Å². The molecule has 0 fully saturated rings. The first-order valence-corrected chi connectivity index (χ1v) is 3.50. The average Bonchev–Trinajstić information content (AvgIpc) is 1.98. The second-order valence-corrected chi connectivity index (χ2v) is 1.93. The quantitative estimate of drug-likeness (QED) is 0.400. The fourth-order valence-electron chi connectivity index (χ4n) is 0.581. The highest BCUT2D eigenvalue weighted by molar-refractivity contribution is 5.85. The zero-order chi connectivity index (χ0) is 7.82. The summed E-state index contributed by atoms with van der Waals surface area (Å²) in [6.45, 7) is 3.43. The van der Waals surface area contributed by atoms with Crippen LogP contribution in [0.3, 0.4) is 0 Å². The summed E-state index contributed by atoms with van der Waals surface area (Å²) >= 11 is 0. The molecule has 0 aliphatic rings. The molecule has 0 aromatic rings. The third kappa shape index (κ3) is 9.72. The molecule has 0 rings (SSSR count). The van der Waals surface area contributed by atoms with Crippen LogP contribution in [0.5, 0.6) is 0 Å². The summed E-state index contributed by atoms with van der Waals surface area (Å²) in [7, 11) is 1.52. The highest BCUT2D eigenvalue weighted by atomic mass is 35.5. The molecule has 0 spiro atoms. The van der Waals surface area contributed by atoms with Crippen LogP contribution in [0.1, 0.15) is 19.8 Å². The minimum Gasteiger partial charge on any atom is -0.484 e. The number of ether oxygens (including phenoxy) is 2. The lowest BCUT2D eigenvalue weighted by molar-refractivity contribution is 0.145. The summed E-state index contributed by atoms with van der Waals surface area (Å²) in [4.78, 5) is 0. The molecule has 0 heterocycles. The van der Waals surface area contributed by atoms with Gasteiger partial charge in [0.05, 0.1) is 7.11 Å². The van der Waals surface area contributed by atoms with Gasteiger partial charge in [0, 0.05) is 19.6 Å². The number of halogens is 1. The van der Waals surface area contributed by atoms with Gasteiger partial charge in [0.2, 0.25) is 0 Å². The zero-order valence-corrected chi connectivity index (χ0v) is 7.87. The summed E-state index contributed by atoms with van der Waals surface area (Å²) in [5, 5.41) is 7.10. The lowest BCUT2D eigenvalue weighted by Crippen LogP contribution is -2.01. The number of hydrogen-bond donors (Lipinski definition) is 1. The Balaban J connectivity index is 0. The van der Waals surface area contributed by atoms with Crippen LogP contribution in [0.15, 0.2) is 0 Å². The van der Waals surface area contributed by atoms with Crippen molar-refractivity contribution in [2.45, 2.75) is 19.8 Å². The van der Waals surface area contributed by atoms with Crippen LogP contribution in [0.2, 0.25) is 0 Å². The van der Waals surface area contributed by atoms with Gasteiger partial charge in [-0.1, -0.05) is 0 Å². The van der Waals surface area contributed by atoms with Gasteiger partial charge in [0.1, 0.15) is 0 Å². The van der Waals surface area contributed by atoms with Crippen molar-refractivity contribution in [3.8, 4) is 0 Å². The summed E-state index contributed by atoms with van der Waals surface area (Å²) < 4.78 is 9.73. The first-order chi connectivity index (χ1) is 4.81. The van der Waals surface area contributed by atoms with Gasteiger partial charge in [0.25, 0.3) is 0 Å². The largest absolute Gasteiger partial charge is 0.484 e.